The van der Waals surface area contributed by atoms with Crippen molar-refractivity contribution in [2.24, 2.45) is 0 Å². The topological polar surface area (TPSA) is 21.3 Å². The molecule has 0 spiro atoms. The molecular formula is C19H20F3NO. The Kier molecular flexibility index (Phi) is 4.81. The lowest BCUT2D eigenvalue weighted by atomic mass is 9.87. The van der Waals surface area contributed by atoms with E-state index < -0.39 is 11.7 Å². The summed E-state index contributed by atoms with van der Waals surface area (Å²) in [7, 11) is 1.53. The minimum atomic E-state index is -4.36. The molecule has 0 unspecified atom stereocenters. The number of methoxy groups -OCH3 is 1. The maximum atomic E-state index is 13.4. The molecule has 0 bridgehead atoms. The largest absolute Gasteiger partial charge is 0.496 e. The van der Waals surface area contributed by atoms with E-state index in [1.54, 1.807) is 12.1 Å². The lowest BCUT2D eigenvalue weighted by Gasteiger charge is -2.24. The molecule has 0 atom stereocenters. The first kappa shape index (κ1) is 16.8. The van der Waals surface area contributed by atoms with E-state index >= 15 is 0 Å². The monoisotopic (exact) mass is 335 g/mol. The molecule has 2 aromatic rings. The molecule has 3 rings (SSSR count). The van der Waals surface area contributed by atoms with E-state index in [1.165, 1.54) is 19.2 Å². The Morgan fingerprint density at radius 3 is 2.42 bits per heavy atom. The molecule has 1 aliphatic heterocycles. The van der Waals surface area contributed by atoms with Crippen LogP contribution >= 0.6 is 0 Å². The van der Waals surface area contributed by atoms with Crippen LogP contribution in [0.2, 0.25) is 0 Å². The maximum absolute atomic E-state index is 13.4. The van der Waals surface area contributed by atoms with Gasteiger partial charge in [0.15, 0.2) is 0 Å². The van der Waals surface area contributed by atoms with Crippen LogP contribution < -0.4 is 10.1 Å². The molecule has 5 heteroatoms. The SMILES string of the molecule is COc1ccccc1-c1cc(C2CCNCC2)cc(C(F)(F)F)c1. The van der Waals surface area contributed by atoms with Gasteiger partial charge in [-0.25, -0.2) is 0 Å². The number of halogens is 3. The number of benzene rings is 2. The second-order valence-electron chi connectivity index (χ2n) is 6.07. The number of alkyl halides is 3. The van der Waals surface area contributed by atoms with Crippen LogP contribution in [-0.4, -0.2) is 20.2 Å². The Labute approximate surface area is 139 Å². The molecule has 2 nitrogen and oxygen atoms in total. The summed E-state index contributed by atoms with van der Waals surface area (Å²) in [6, 6.07) is 11.6. The summed E-state index contributed by atoms with van der Waals surface area (Å²) in [6.07, 6.45) is -2.65. The molecule has 0 aromatic heterocycles. The predicted molar refractivity (Wildman–Crippen MR) is 88.3 cm³/mol. The standard InChI is InChI=1S/C19H20F3NO/c1-24-18-5-3-2-4-17(18)15-10-14(13-6-8-23-9-7-13)11-16(12-15)19(20,21)22/h2-5,10-13,23H,6-9H2,1H3. The van der Waals surface area contributed by atoms with Gasteiger partial charge in [0.25, 0.3) is 0 Å². The molecule has 0 saturated carbocycles. The van der Waals surface area contributed by atoms with Gasteiger partial charge in [-0.2, -0.15) is 13.2 Å². The smallest absolute Gasteiger partial charge is 0.416 e. The Morgan fingerprint density at radius 2 is 1.75 bits per heavy atom. The van der Waals surface area contributed by atoms with Crippen LogP contribution in [0.25, 0.3) is 11.1 Å². The summed E-state index contributed by atoms with van der Waals surface area (Å²) in [5.41, 5.74) is 1.39. The van der Waals surface area contributed by atoms with Crippen LogP contribution in [0.15, 0.2) is 42.5 Å². The first-order valence-corrected chi connectivity index (χ1v) is 8.05. The van der Waals surface area contributed by atoms with E-state index in [-0.39, 0.29) is 5.92 Å². The second kappa shape index (κ2) is 6.85. The van der Waals surface area contributed by atoms with Crippen LogP contribution in [0, 0.1) is 0 Å². The first-order chi connectivity index (χ1) is 11.5. The van der Waals surface area contributed by atoms with Crippen LogP contribution in [0.5, 0.6) is 5.75 Å². The van der Waals surface area contributed by atoms with Crippen molar-refractivity contribution in [3.63, 3.8) is 0 Å². The molecule has 2 aromatic carbocycles. The fourth-order valence-electron chi connectivity index (χ4n) is 3.24. The van der Waals surface area contributed by atoms with Crippen molar-refractivity contribution < 1.29 is 17.9 Å². The zero-order valence-electron chi connectivity index (χ0n) is 13.5. The maximum Gasteiger partial charge on any atom is 0.416 e. The quantitative estimate of drug-likeness (QED) is 0.866. The Balaban J connectivity index is 2.11. The number of ether oxygens (including phenoxy) is 1. The van der Waals surface area contributed by atoms with Crippen molar-refractivity contribution in [2.75, 3.05) is 20.2 Å². The molecule has 24 heavy (non-hydrogen) atoms. The van der Waals surface area contributed by atoms with Crippen molar-refractivity contribution in [1.82, 2.24) is 5.32 Å². The second-order valence-corrected chi connectivity index (χ2v) is 6.07. The third kappa shape index (κ3) is 3.56. The highest BCUT2D eigenvalue weighted by atomic mass is 19.4. The molecule has 1 heterocycles. The molecule has 1 N–H and O–H groups in total. The number of rotatable bonds is 3. The van der Waals surface area contributed by atoms with Gasteiger partial charge >= 0.3 is 6.18 Å². The van der Waals surface area contributed by atoms with Gasteiger partial charge < -0.3 is 10.1 Å². The summed E-state index contributed by atoms with van der Waals surface area (Å²) in [5.74, 6) is 0.732. The molecular weight excluding hydrogens is 315 g/mol. The van der Waals surface area contributed by atoms with Crippen LogP contribution in [-0.2, 0) is 6.18 Å². The first-order valence-electron chi connectivity index (χ1n) is 8.05. The molecule has 0 amide bonds. The van der Waals surface area contributed by atoms with E-state index in [0.29, 0.717) is 16.9 Å². The third-order valence-corrected chi connectivity index (χ3v) is 4.51. The van der Waals surface area contributed by atoms with Crippen LogP contribution in [0.4, 0.5) is 13.2 Å². The van der Waals surface area contributed by atoms with Gasteiger partial charge in [0, 0.05) is 5.56 Å². The summed E-state index contributed by atoms with van der Waals surface area (Å²) in [4.78, 5) is 0. The number of hydrogen-bond acceptors (Lipinski definition) is 2. The lowest BCUT2D eigenvalue weighted by molar-refractivity contribution is -0.137. The van der Waals surface area contributed by atoms with E-state index in [0.717, 1.165) is 31.5 Å². The number of nitrogens with one attached hydrogen (secondary N) is 1. The zero-order chi connectivity index (χ0) is 17.2. The highest BCUT2D eigenvalue weighted by Crippen LogP contribution is 2.39. The van der Waals surface area contributed by atoms with E-state index in [2.05, 4.69) is 5.32 Å². The average molecular weight is 335 g/mol. The Morgan fingerprint density at radius 1 is 1.04 bits per heavy atom. The summed E-state index contributed by atoms with van der Waals surface area (Å²) in [6.45, 7) is 1.68. The van der Waals surface area contributed by atoms with Crippen molar-refractivity contribution in [3.8, 4) is 16.9 Å². The minimum Gasteiger partial charge on any atom is -0.496 e. The van der Waals surface area contributed by atoms with Crippen molar-refractivity contribution in [1.29, 1.82) is 0 Å². The van der Waals surface area contributed by atoms with Crippen LogP contribution in [0.3, 0.4) is 0 Å². The Hall–Kier alpha value is -2.01. The van der Waals surface area contributed by atoms with Gasteiger partial charge in [-0.1, -0.05) is 24.3 Å². The van der Waals surface area contributed by atoms with Crippen LogP contribution in [0.1, 0.15) is 29.9 Å². The lowest BCUT2D eigenvalue weighted by Crippen LogP contribution is -2.26. The summed E-state index contributed by atoms with van der Waals surface area (Å²) in [5, 5.41) is 3.25. The normalized spacial score (nSPS) is 16.2. The molecule has 0 aliphatic carbocycles. The highest BCUT2D eigenvalue weighted by molar-refractivity contribution is 5.72. The number of piperidine rings is 1. The molecule has 0 radical (unpaired) electrons. The van der Waals surface area contributed by atoms with Crippen molar-refractivity contribution in [3.05, 3.63) is 53.6 Å². The fraction of sp³-hybridized carbons (Fsp3) is 0.368. The van der Waals surface area contributed by atoms with E-state index in [4.69, 9.17) is 4.74 Å². The van der Waals surface area contributed by atoms with E-state index in [9.17, 15) is 13.2 Å². The molecule has 128 valence electrons. The van der Waals surface area contributed by atoms with Crippen molar-refractivity contribution in [2.45, 2.75) is 24.9 Å². The van der Waals surface area contributed by atoms with Gasteiger partial charge in [0.05, 0.1) is 12.7 Å². The zero-order valence-corrected chi connectivity index (χ0v) is 13.5. The molecule has 1 aliphatic rings. The molecule has 1 fully saturated rings. The van der Waals surface area contributed by atoms with Gasteiger partial charge in [0.2, 0.25) is 0 Å². The summed E-state index contributed by atoms with van der Waals surface area (Å²) >= 11 is 0. The third-order valence-electron chi connectivity index (χ3n) is 4.51. The average Bonchev–Trinajstić information content (AvgIpc) is 2.61. The number of para-hydroxylation sites is 1. The van der Waals surface area contributed by atoms with Gasteiger partial charge in [-0.3, -0.25) is 0 Å². The van der Waals surface area contributed by atoms with E-state index in [1.807, 2.05) is 18.2 Å². The predicted octanol–water partition coefficient (Wildman–Crippen LogP) is 4.85. The van der Waals surface area contributed by atoms with Gasteiger partial charge in [-0.05, 0) is 61.2 Å². The Bertz CT molecular complexity index is 706. The highest BCUT2D eigenvalue weighted by Gasteiger charge is 2.32. The molecule has 1 saturated heterocycles. The van der Waals surface area contributed by atoms with Gasteiger partial charge in [-0.15, -0.1) is 0 Å². The van der Waals surface area contributed by atoms with Gasteiger partial charge in [0.1, 0.15) is 5.75 Å². The number of hydrogen-bond donors (Lipinski definition) is 1. The van der Waals surface area contributed by atoms with Crippen molar-refractivity contribution >= 4 is 0 Å². The summed E-state index contributed by atoms with van der Waals surface area (Å²) < 4.78 is 45.4. The minimum absolute atomic E-state index is 0.155. The fourth-order valence-corrected chi connectivity index (χ4v) is 3.24.